The first-order chi connectivity index (χ1) is 8.49. The number of hydrogen-bond donors (Lipinski definition) is 1. The zero-order valence-electron chi connectivity index (χ0n) is 11.2. The molecule has 0 spiro atoms. The Hall–Kier alpha value is -0.793. The molecule has 0 bridgehead atoms. The average molecular weight is 323 g/mol. The third kappa shape index (κ3) is 4.36. The van der Waals surface area contributed by atoms with E-state index in [0.717, 1.165) is 12.1 Å². The number of sulfonamides is 2. The molecule has 0 aromatic heterocycles. The fraction of sp³-hybridized carbons (Fsp3) is 0.111. The molecule has 1 aromatic carbocycles. The van der Waals surface area contributed by atoms with Gasteiger partial charge in [-0.15, -0.1) is 0 Å². The predicted octanol–water partition coefficient (Wildman–Crippen LogP) is -1.43. The van der Waals surface area contributed by atoms with Crippen LogP contribution >= 0.6 is 0 Å². The van der Waals surface area contributed by atoms with Crippen LogP contribution in [0.25, 0.3) is 6.08 Å². The standard InChI is InChI=1S/C9H8F3NO4S2.Li.H/c1-2-7-3-5-8(6-4-7)18(14,15)13-19(16,17)9(10,11)12;;/h2-6,13H,1H2;;/q;+1;-1. The first-order valence-electron chi connectivity index (χ1n) is 4.57. The molecule has 0 fully saturated rings. The third-order valence-corrected chi connectivity index (χ3v) is 5.21. The van der Waals surface area contributed by atoms with Gasteiger partial charge in [-0.05, 0) is 17.7 Å². The van der Waals surface area contributed by atoms with Gasteiger partial charge in [0.05, 0.1) is 4.90 Å². The fourth-order valence-electron chi connectivity index (χ4n) is 1.02. The van der Waals surface area contributed by atoms with Crippen LogP contribution in [0.2, 0.25) is 0 Å². The van der Waals surface area contributed by atoms with E-state index >= 15 is 0 Å². The van der Waals surface area contributed by atoms with E-state index in [1.54, 1.807) is 0 Å². The molecule has 0 atom stereocenters. The van der Waals surface area contributed by atoms with Crippen LogP contribution in [0.5, 0.6) is 0 Å². The minimum Gasteiger partial charge on any atom is -1.00 e. The van der Waals surface area contributed by atoms with Crippen molar-refractivity contribution in [2.75, 3.05) is 0 Å². The summed E-state index contributed by atoms with van der Waals surface area (Å²) in [7, 11) is -10.8. The Bertz CT molecular complexity index is 687. The minimum absolute atomic E-state index is 0. The largest absolute Gasteiger partial charge is 1.00 e. The molecule has 11 heteroatoms. The maximum Gasteiger partial charge on any atom is 1.00 e. The van der Waals surface area contributed by atoms with E-state index in [1.165, 1.54) is 18.2 Å². The third-order valence-electron chi connectivity index (χ3n) is 1.95. The first kappa shape index (κ1) is 19.2. The molecule has 1 aromatic rings. The van der Waals surface area contributed by atoms with E-state index < -0.39 is 30.5 Å². The van der Waals surface area contributed by atoms with Gasteiger partial charge in [-0.25, -0.2) is 16.8 Å². The van der Waals surface area contributed by atoms with E-state index in [0.29, 0.717) is 9.69 Å². The van der Waals surface area contributed by atoms with Gasteiger partial charge < -0.3 is 1.43 Å². The van der Waals surface area contributed by atoms with E-state index in [1.807, 2.05) is 0 Å². The van der Waals surface area contributed by atoms with Crippen molar-refractivity contribution in [1.82, 2.24) is 4.13 Å². The molecule has 1 N–H and O–H groups in total. The van der Waals surface area contributed by atoms with E-state index in [4.69, 9.17) is 0 Å². The zero-order chi connectivity index (χ0) is 14.9. The second-order valence-corrected chi connectivity index (χ2v) is 6.92. The van der Waals surface area contributed by atoms with Crippen molar-refractivity contribution in [2.45, 2.75) is 10.4 Å². The van der Waals surface area contributed by atoms with Crippen LogP contribution in [0.3, 0.4) is 0 Å². The summed E-state index contributed by atoms with van der Waals surface area (Å²) < 4.78 is 81.3. The summed E-state index contributed by atoms with van der Waals surface area (Å²) in [6.07, 6.45) is 1.39. The van der Waals surface area contributed by atoms with E-state index in [-0.39, 0.29) is 20.3 Å². The van der Waals surface area contributed by atoms with Gasteiger partial charge >= 0.3 is 34.4 Å². The monoisotopic (exact) mass is 323 g/mol. The van der Waals surface area contributed by atoms with Gasteiger partial charge in [-0.2, -0.15) is 13.2 Å². The quantitative estimate of drug-likeness (QED) is 0.689. The molecule has 0 unspecified atom stereocenters. The van der Waals surface area contributed by atoms with Crippen LogP contribution in [-0.2, 0) is 20.0 Å². The Kier molecular flexibility index (Phi) is 6.07. The molecule has 0 saturated heterocycles. The van der Waals surface area contributed by atoms with Crippen LogP contribution in [0.1, 0.15) is 6.99 Å². The Morgan fingerprint density at radius 3 is 1.90 bits per heavy atom. The van der Waals surface area contributed by atoms with Crippen LogP contribution in [0.4, 0.5) is 13.2 Å². The van der Waals surface area contributed by atoms with Crippen molar-refractivity contribution in [2.24, 2.45) is 0 Å². The summed E-state index contributed by atoms with van der Waals surface area (Å²) in [5, 5.41) is 0. The van der Waals surface area contributed by atoms with Gasteiger partial charge in [-0.1, -0.05) is 28.9 Å². The molecular formula is C9H9F3LiNO4S2. The summed E-state index contributed by atoms with van der Waals surface area (Å²) in [6.45, 7) is 3.40. The van der Waals surface area contributed by atoms with Crippen molar-refractivity contribution in [3.8, 4) is 0 Å². The zero-order valence-corrected chi connectivity index (χ0v) is 11.8. The normalized spacial score (nSPS) is 12.6. The van der Waals surface area contributed by atoms with Crippen molar-refractivity contribution in [3.63, 3.8) is 0 Å². The van der Waals surface area contributed by atoms with Crippen molar-refractivity contribution >= 4 is 26.1 Å². The van der Waals surface area contributed by atoms with E-state index in [2.05, 4.69) is 6.58 Å². The summed E-state index contributed by atoms with van der Waals surface area (Å²) in [5.74, 6) is 0. The number of nitrogens with one attached hydrogen (secondary N) is 1. The summed E-state index contributed by atoms with van der Waals surface area (Å²) >= 11 is 0. The van der Waals surface area contributed by atoms with Crippen molar-refractivity contribution < 1.29 is 50.3 Å². The van der Waals surface area contributed by atoms with Crippen molar-refractivity contribution in [1.29, 1.82) is 0 Å². The van der Waals surface area contributed by atoms with Crippen LogP contribution in [-0.4, -0.2) is 22.3 Å². The number of rotatable bonds is 4. The SMILES string of the molecule is C=Cc1ccc(S(=O)(=O)NS(=O)(=O)C(F)(F)F)cc1.[H-].[Li+]. The number of halogens is 3. The van der Waals surface area contributed by atoms with Gasteiger partial charge in [-0.3, -0.25) is 0 Å². The number of benzene rings is 1. The molecule has 1 rings (SSSR count). The minimum atomic E-state index is -5.98. The maximum absolute atomic E-state index is 12.1. The topological polar surface area (TPSA) is 80.3 Å². The molecule has 0 aliphatic heterocycles. The van der Waals surface area contributed by atoms with Crippen LogP contribution < -0.4 is 23.0 Å². The molecule has 0 heterocycles. The molecule has 0 aliphatic rings. The Morgan fingerprint density at radius 1 is 1.10 bits per heavy atom. The van der Waals surface area contributed by atoms with Gasteiger partial charge in [0.2, 0.25) is 0 Å². The molecule has 0 amide bonds. The molecule has 5 nitrogen and oxygen atoms in total. The van der Waals surface area contributed by atoms with Crippen molar-refractivity contribution in [3.05, 3.63) is 36.4 Å². The summed E-state index contributed by atoms with van der Waals surface area (Å²) in [6, 6.07) is 4.46. The summed E-state index contributed by atoms with van der Waals surface area (Å²) in [5.41, 5.74) is -5.18. The second kappa shape index (κ2) is 6.32. The summed E-state index contributed by atoms with van der Waals surface area (Å²) in [4.78, 5) is -0.606. The first-order valence-corrected chi connectivity index (χ1v) is 7.53. The predicted molar refractivity (Wildman–Crippen MR) is 62.9 cm³/mol. The van der Waals surface area contributed by atoms with Gasteiger partial charge in [0, 0.05) is 0 Å². The number of alkyl halides is 3. The number of hydrogen-bond acceptors (Lipinski definition) is 4. The average Bonchev–Trinajstić information content (AvgIpc) is 2.26. The molecule has 108 valence electrons. The Balaban J connectivity index is 0. The van der Waals surface area contributed by atoms with Gasteiger partial charge in [0.1, 0.15) is 0 Å². The fourth-order valence-corrected chi connectivity index (χ4v) is 3.44. The van der Waals surface area contributed by atoms with Gasteiger partial charge in [0.15, 0.2) is 0 Å². The van der Waals surface area contributed by atoms with E-state index in [9.17, 15) is 30.0 Å². The molecular weight excluding hydrogens is 314 g/mol. The Morgan fingerprint density at radius 2 is 1.55 bits per heavy atom. The molecule has 0 saturated carbocycles. The molecule has 20 heavy (non-hydrogen) atoms. The van der Waals surface area contributed by atoms with Crippen LogP contribution in [0, 0.1) is 0 Å². The molecule has 0 radical (unpaired) electrons. The maximum atomic E-state index is 12.1. The smallest absolute Gasteiger partial charge is 1.00 e. The Labute approximate surface area is 127 Å². The second-order valence-electron chi connectivity index (χ2n) is 3.31. The molecule has 0 aliphatic carbocycles. The van der Waals surface area contributed by atoms with Gasteiger partial charge in [0.25, 0.3) is 10.0 Å². The van der Waals surface area contributed by atoms with Crippen LogP contribution in [0.15, 0.2) is 35.7 Å².